The van der Waals surface area contributed by atoms with Crippen molar-refractivity contribution in [2.75, 3.05) is 19.6 Å². The zero-order valence-electron chi connectivity index (χ0n) is 14.6. The molecule has 0 bridgehead atoms. The van der Waals surface area contributed by atoms with E-state index in [2.05, 4.69) is 33.8 Å². The summed E-state index contributed by atoms with van der Waals surface area (Å²) in [5.41, 5.74) is 1.26. The largest absolute Gasteiger partial charge is 0.357 e. The average molecular weight is 433 g/mol. The molecule has 1 saturated carbocycles. The van der Waals surface area contributed by atoms with Gasteiger partial charge in [0.1, 0.15) is 0 Å². The van der Waals surface area contributed by atoms with Gasteiger partial charge in [0.25, 0.3) is 0 Å². The molecule has 1 aliphatic carbocycles. The van der Waals surface area contributed by atoms with Gasteiger partial charge < -0.3 is 10.6 Å². The van der Waals surface area contributed by atoms with Crippen LogP contribution in [0.1, 0.15) is 51.0 Å². The van der Waals surface area contributed by atoms with Gasteiger partial charge in [-0.05, 0) is 37.7 Å². The molecule has 1 fully saturated rings. The minimum atomic E-state index is 0. The van der Waals surface area contributed by atoms with Crippen molar-refractivity contribution in [1.29, 1.82) is 0 Å². The standard InChI is InChI=1S/C17H31N5.HI/c1-3-18-17(19-11-6-9-15-7-4-5-8-15)20-12-10-16-13-21-22(2)14-16;/h13-15H,3-12H2,1-2H3,(H2,18,19,20);1H. The molecule has 5 nitrogen and oxygen atoms in total. The van der Waals surface area contributed by atoms with Crippen LogP contribution in [0.5, 0.6) is 0 Å². The van der Waals surface area contributed by atoms with E-state index < -0.39 is 0 Å². The van der Waals surface area contributed by atoms with Crippen molar-refractivity contribution in [3.8, 4) is 0 Å². The maximum Gasteiger partial charge on any atom is 0.191 e. The first-order chi connectivity index (χ1) is 10.8. The van der Waals surface area contributed by atoms with Crippen molar-refractivity contribution >= 4 is 29.9 Å². The lowest BCUT2D eigenvalue weighted by Gasteiger charge is -2.11. The predicted molar refractivity (Wildman–Crippen MR) is 108 cm³/mol. The van der Waals surface area contributed by atoms with Crippen LogP contribution < -0.4 is 10.6 Å². The second-order valence-electron chi connectivity index (χ2n) is 6.25. The van der Waals surface area contributed by atoms with E-state index in [9.17, 15) is 0 Å². The fourth-order valence-corrected chi connectivity index (χ4v) is 3.14. The van der Waals surface area contributed by atoms with Crippen molar-refractivity contribution in [1.82, 2.24) is 20.4 Å². The van der Waals surface area contributed by atoms with Crippen LogP contribution in [0, 0.1) is 5.92 Å². The molecule has 132 valence electrons. The van der Waals surface area contributed by atoms with Crippen LogP contribution in [0.15, 0.2) is 17.4 Å². The third-order valence-electron chi connectivity index (χ3n) is 4.32. The lowest BCUT2D eigenvalue weighted by molar-refractivity contribution is 0.487. The molecule has 0 aliphatic heterocycles. The molecule has 0 atom stereocenters. The van der Waals surface area contributed by atoms with Crippen LogP contribution >= 0.6 is 24.0 Å². The molecule has 0 unspecified atom stereocenters. The third-order valence-corrected chi connectivity index (χ3v) is 4.32. The summed E-state index contributed by atoms with van der Waals surface area (Å²) >= 11 is 0. The SMILES string of the molecule is CCNC(=NCCCC1CCCC1)NCCc1cnn(C)c1.I. The number of guanidine groups is 1. The highest BCUT2D eigenvalue weighted by Gasteiger charge is 2.13. The monoisotopic (exact) mass is 433 g/mol. The van der Waals surface area contributed by atoms with Crippen molar-refractivity contribution in [3.63, 3.8) is 0 Å². The number of aryl methyl sites for hydroxylation is 1. The summed E-state index contributed by atoms with van der Waals surface area (Å²) in [6.45, 7) is 4.83. The maximum absolute atomic E-state index is 4.68. The van der Waals surface area contributed by atoms with Gasteiger partial charge in [-0.15, -0.1) is 24.0 Å². The Morgan fingerprint density at radius 1 is 1.35 bits per heavy atom. The molecule has 1 aliphatic rings. The molecule has 1 aromatic rings. The Morgan fingerprint density at radius 2 is 2.13 bits per heavy atom. The molecule has 6 heteroatoms. The summed E-state index contributed by atoms with van der Waals surface area (Å²) in [5.74, 6) is 1.91. The first-order valence-corrected chi connectivity index (χ1v) is 8.77. The number of halogens is 1. The molecule has 1 heterocycles. The Morgan fingerprint density at radius 3 is 2.78 bits per heavy atom. The molecule has 0 radical (unpaired) electrons. The minimum absolute atomic E-state index is 0. The Kier molecular flexibility index (Phi) is 10.3. The van der Waals surface area contributed by atoms with Gasteiger partial charge in [0.15, 0.2) is 5.96 Å². The Hall–Kier alpha value is -0.790. The Balaban J connectivity index is 0.00000264. The predicted octanol–water partition coefficient (Wildman–Crippen LogP) is 3.11. The zero-order chi connectivity index (χ0) is 15.6. The van der Waals surface area contributed by atoms with E-state index in [1.54, 1.807) is 0 Å². The molecule has 0 saturated heterocycles. The van der Waals surface area contributed by atoms with Crippen LogP contribution in [-0.4, -0.2) is 35.4 Å². The van der Waals surface area contributed by atoms with E-state index in [1.807, 2.05) is 17.9 Å². The van der Waals surface area contributed by atoms with Crippen LogP contribution in [-0.2, 0) is 13.5 Å². The molecule has 2 N–H and O–H groups in total. The molecule has 23 heavy (non-hydrogen) atoms. The normalized spacial score (nSPS) is 15.5. The van der Waals surface area contributed by atoms with Gasteiger partial charge in [0, 0.05) is 32.9 Å². The quantitative estimate of drug-likeness (QED) is 0.287. The van der Waals surface area contributed by atoms with E-state index in [0.717, 1.165) is 37.9 Å². The molecule has 0 amide bonds. The first-order valence-electron chi connectivity index (χ1n) is 8.77. The lowest BCUT2D eigenvalue weighted by Crippen LogP contribution is -2.38. The van der Waals surface area contributed by atoms with Crippen molar-refractivity contribution in [2.24, 2.45) is 18.0 Å². The van der Waals surface area contributed by atoms with Gasteiger partial charge in [-0.25, -0.2) is 0 Å². The van der Waals surface area contributed by atoms with E-state index in [0.29, 0.717) is 0 Å². The topological polar surface area (TPSA) is 54.2 Å². The fourth-order valence-electron chi connectivity index (χ4n) is 3.14. The molecule has 2 rings (SSSR count). The molecule has 0 spiro atoms. The Bertz CT molecular complexity index is 452. The molecule has 0 aromatic carbocycles. The van der Waals surface area contributed by atoms with Crippen molar-refractivity contribution in [2.45, 2.75) is 51.9 Å². The smallest absolute Gasteiger partial charge is 0.191 e. The van der Waals surface area contributed by atoms with E-state index in [-0.39, 0.29) is 24.0 Å². The van der Waals surface area contributed by atoms with Gasteiger partial charge >= 0.3 is 0 Å². The summed E-state index contributed by atoms with van der Waals surface area (Å²) in [6, 6.07) is 0. The Labute approximate surface area is 157 Å². The number of nitrogens with one attached hydrogen (secondary N) is 2. The van der Waals surface area contributed by atoms with Crippen LogP contribution in [0.2, 0.25) is 0 Å². The molecular formula is C17H32IN5. The number of nitrogens with zero attached hydrogens (tertiary/aromatic N) is 3. The highest BCUT2D eigenvalue weighted by Crippen LogP contribution is 2.28. The van der Waals surface area contributed by atoms with Gasteiger partial charge in [0.05, 0.1) is 6.20 Å². The van der Waals surface area contributed by atoms with Gasteiger partial charge in [-0.2, -0.15) is 5.10 Å². The van der Waals surface area contributed by atoms with Crippen LogP contribution in [0.4, 0.5) is 0 Å². The number of hydrogen-bond acceptors (Lipinski definition) is 2. The summed E-state index contributed by atoms with van der Waals surface area (Å²) in [6.07, 6.45) is 13.3. The number of hydrogen-bond donors (Lipinski definition) is 2. The number of aromatic nitrogens is 2. The van der Waals surface area contributed by atoms with E-state index in [1.165, 1.54) is 44.1 Å². The van der Waals surface area contributed by atoms with Crippen molar-refractivity contribution < 1.29 is 0 Å². The van der Waals surface area contributed by atoms with E-state index >= 15 is 0 Å². The summed E-state index contributed by atoms with van der Waals surface area (Å²) in [4.78, 5) is 4.68. The van der Waals surface area contributed by atoms with Gasteiger partial charge in [0.2, 0.25) is 0 Å². The zero-order valence-corrected chi connectivity index (χ0v) is 16.9. The van der Waals surface area contributed by atoms with Gasteiger partial charge in [-0.1, -0.05) is 25.7 Å². The van der Waals surface area contributed by atoms with Crippen molar-refractivity contribution in [3.05, 3.63) is 18.0 Å². The third kappa shape index (κ3) is 8.04. The fraction of sp³-hybridized carbons (Fsp3) is 0.765. The van der Waals surface area contributed by atoms with Gasteiger partial charge in [-0.3, -0.25) is 9.67 Å². The summed E-state index contributed by atoms with van der Waals surface area (Å²) < 4.78 is 1.84. The lowest BCUT2D eigenvalue weighted by atomic mass is 10.0. The highest BCUT2D eigenvalue weighted by molar-refractivity contribution is 14.0. The van der Waals surface area contributed by atoms with Crippen LogP contribution in [0.25, 0.3) is 0 Å². The first kappa shape index (κ1) is 20.3. The highest BCUT2D eigenvalue weighted by atomic mass is 127. The van der Waals surface area contributed by atoms with E-state index in [4.69, 9.17) is 0 Å². The molecule has 1 aromatic heterocycles. The average Bonchev–Trinajstić information content (AvgIpc) is 3.15. The second-order valence-corrected chi connectivity index (χ2v) is 6.25. The second kappa shape index (κ2) is 11.7. The summed E-state index contributed by atoms with van der Waals surface area (Å²) in [5, 5.41) is 10.9. The van der Waals surface area contributed by atoms with Crippen LogP contribution in [0.3, 0.4) is 0 Å². The summed E-state index contributed by atoms with van der Waals surface area (Å²) in [7, 11) is 1.95. The maximum atomic E-state index is 4.68. The molecular weight excluding hydrogens is 401 g/mol. The minimum Gasteiger partial charge on any atom is -0.357 e. The number of rotatable bonds is 8. The number of aliphatic imine (C=N–C) groups is 1.